The number of aromatic amines is 1. The Labute approximate surface area is 159 Å². The average Bonchev–Trinajstić information content (AvgIpc) is 3.11. The number of fused-ring (bicyclic) bond motifs is 1. The Balaban J connectivity index is 1.33. The van der Waals surface area contributed by atoms with Gasteiger partial charge < -0.3 is 15.2 Å². The molecular formula is C21H25N5O. The lowest BCUT2D eigenvalue weighted by molar-refractivity contribution is 0.0682. The number of nitrogens with one attached hydrogen (secondary N) is 2. The predicted octanol–water partition coefficient (Wildman–Crippen LogP) is 3.48. The molecule has 1 fully saturated rings. The Morgan fingerprint density at radius 1 is 1.30 bits per heavy atom. The van der Waals surface area contributed by atoms with Gasteiger partial charge in [-0.05, 0) is 36.8 Å². The number of hydrogen-bond acceptors (Lipinski definition) is 4. The van der Waals surface area contributed by atoms with E-state index in [2.05, 4.69) is 51.6 Å². The molecule has 2 aromatic heterocycles. The zero-order valence-electron chi connectivity index (χ0n) is 15.6. The van der Waals surface area contributed by atoms with Gasteiger partial charge in [-0.1, -0.05) is 25.1 Å². The van der Waals surface area contributed by atoms with Gasteiger partial charge in [0.2, 0.25) is 5.95 Å². The van der Waals surface area contributed by atoms with E-state index >= 15 is 0 Å². The summed E-state index contributed by atoms with van der Waals surface area (Å²) in [7, 11) is 0. The molecule has 0 saturated carbocycles. The van der Waals surface area contributed by atoms with E-state index in [9.17, 15) is 4.79 Å². The summed E-state index contributed by atoms with van der Waals surface area (Å²) in [6.45, 7) is 4.58. The van der Waals surface area contributed by atoms with Crippen LogP contribution in [0.3, 0.4) is 0 Å². The SMILES string of the molecule is CC1CCCN(C(=O)c2cnc(NCCc3c[nH]c4ccccc34)nc2)C1. The number of rotatable bonds is 5. The van der Waals surface area contributed by atoms with Crippen LogP contribution in [-0.4, -0.2) is 45.4 Å². The summed E-state index contributed by atoms with van der Waals surface area (Å²) < 4.78 is 0. The first-order chi connectivity index (χ1) is 13.2. The second-order valence-electron chi connectivity index (χ2n) is 7.33. The molecule has 6 heteroatoms. The molecule has 1 aliphatic rings. The molecule has 6 nitrogen and oxygen atoms in total. The van der Waals surface area contributed by atoms with Gasteiger partial charge >= 0.3 is 0 Å². The van der Waals surface area contributed by atoms with Crippen LogP contribution >= 0.6 is 0 Å². The van der Waals surface area contributed by atoms with Gasteiger partial charge in [0.05, 0.1) is 5.56 Å². The molecule has 0 radical (unpaired) electrons. The minimum atomic E-state index is 0.0342. The van der Waals surface area contributed by atoms with Gasteiger partial charge in [0.1, 0.15) is 0 Å². The lowest BCUT2D eigenvalue weighted by Crippen LogP contribution is -2.39. The van der Waals surface area contributed by atoms with Crippen molar-refractivity contribution in [1.82, 2.24) is 19.9 Å². The van der Waals surface area contributed by atoms with Crippen LogP contribution in [0.2, 0.25) is 0 Å². The van der Waals surface area contributed by atoms with Crippen molar-refractivity contribution < 1.29 is 4.79 Å². The number of carbonyl (C=O) groups is 1. The molecule has 1 aromatic carbocycles. The molecule has 1 saturated heterocycles. The van der Waals surface area contributed by atoms with Crippen LogP contribution in [0, 0.1) is 5.92 Å². The van der Waals surface area contributed by atoms with Crippen molar-refractivity contribution in [2.24, 2.45) is 5.92 Å². The molecule has 4 rings (SSSR count). The largest absolute Gasteiger partial charge is 0.361 e. The molecule has 27 heavy (non-hydrogen) atoms. The van der Waals surface area contributed by atoms with E-state index in [0.717, 1.165) is 38.0 Å². The topological polar surface area (TPSA) is 73.9 Å². The van der Waals surface area contributed by atoms with E-state index in [0.29, 0.717) is 17.4 Å². The number of hydrogen-bond donors (Lipinski definition) is 2. The third-order valence-electron chi connectivity index (χ3n) is 5.20. The molecule has 1 atom stereocenters. The maximum Gasteiger partial charge on any atom is 0.257 e. The third-order valence-corrected chi connectivity index (χ3v) is 5.20. The molecule has 2 N–H and O–H groups in total. The standard InChI is InChI=1S/C21H25N5O/c1-15-5-4-10-26(14-15)20(27)17-12-24-21(25-13-17)22-9-8-16-11-23-19-7-3-2-6-18(16)19/h2-3,6-7,11-13,15,23H,4-5,8-10,14H2,1H3,(H,22,24,25). The lowest BCUT2D eigenvalue weighted by Gasteiger charge is -2.30. The molecule has 3 aromatic rings. The fourth-order valence-electron chi connectivity index (χ4n) is 3.73. The Hall–Kier alpha value is -2.89. The Kier molecular flexibility index (Phi) is 5.05. The van der Waals surface area contributed by atoms with E-state index in [1.54, 1.807) is 12.4 Å². The first-order valence-corrected chi connectivity index (χ1v) is 9.61. The van der Waals surface area contributed by atoms with Crippen LogP contribution in [0.25, 0.3) is 10.9 Å². The van der Waals surface area contributed by atoms with Crippen molar-refractivity contribution in [3.05, 3.63) is 54.0 Å². The number of benzene rings is 1. The second kappa shape index (κ2) is 7.78. The molecule has 1 aliphatic heterocycles. The number of carbonyl (C=O) groups excluding carboxylic acids is 1. The van der Waals surface area contributed by atoms with Gasteiger partial charge in [-0.2, -0.15) is 0 Å². The monoisotopic (exact) mass is 363 g/mol. The quantitative estimate of drug-likeness (QED) is 0.728. The van der Waals surface area contributed by atoms with Crippen LogP contribution in [-0.2, 0) is 6.42 Å². The van der Waals surface area contributed by atoms with Crippen LogP contribution in [0.5, 0.6) is 0 Å². The van der Waals surface area contributed by atoms with Crippen LogP contribution in [0.1, 0.15) is 35.7 Å². The molecule has 0 aliphatic carbocycles. The average molecular weight is 363 g/mol. The number of aromatic nitrogens is 3. The number of piperidine rings is 1. The van der Waals surface area contributed by atoms with Crippen molar-refractivity contribution in [2.75, 3.05) is 25.0 Å². The van der Waals surface area contributed by atoms with Gasteiger partial charge in [-0.15, -0.1) is 0 Å². The summed E-state index contributed by atoms with van der Waals surface area (Å²) >= 11 is 0. The predicted molar refractivity (Wildman–Crippen MR) is 107 cm³/mol. The van der Waals surface area contributed by atoms with Gasteiger partial charge in [0.15, 0.2) is 0 Å². The van der Waals surface area contributed by atoms with Crippen LogP contribution in [0.15, 0.2) is 42.9 Å². The molecule has 1 amide bonds. The van der Waals surface area contributed by atoms with E-state index in [1.807, 2.05) is 11.0 Å². The van der Waals surface area contributed by atoms with Gasteiger partial charge in [-0.25, -0.2) is 9.97 Å². The third kappa shape index (κ3) is 3.94. The normalized spacial score (nSPS) is 17.2. The van der Waals surface area contributed by atoms with E-state index in [4.69, 9.17) is 0 Å². The minimum Gasteiger partial charge on any atom is -0.361 e. The molecule has 1 unspecified atom stereocenters. The first kappa shape index (κ1) is 17.5. The maximum absolute atomic E-state index is 12.6. The molecule has 0 bridgehead atoms. The number of likely N-dealkylation sites (tertiary alicyclic amines) is 1. The molecule has 0 spiro atoms. The van der Waals surface area contributed by atoms with Gasteiger partial charge in [0, 0.05) is 49.1 Å². The Bertz CT molecular complexity index is 918. The fraction of sp³-hybridized carbons (Fsp3) is 0.381. The number of nitrogens with zero attached hydrogens (tertiary/aromatic N) is 3. The molecule has 3 heterocycles. The zero-order valence-corrected chi connectivity index (χ0v) is 15.6. The zero-order chi connectivity index (χ0) is 18.6. The van der Waals surface area contributed by atoms with Crippen molar-refractivity contribution in [2.45, 2.75) is 26.2 Å². The van der Waals surface area contributed by atoms with E-state index < -0.39 is 0 Å². The summed E-state index contributed by atoms with van der Waals surface area (Å²) in [6, 6.07) is 8.28. The van der Waals surface area contributed by atoms with Crippen molar-refractivity contribution in [3.63, 3.8) is 0 Å². The number of para-hydroxylation sites is 1. The minimum absolute atomic E-state index is 0.0342. The number of H-pyrrole nitrogens is 1. The van der Waals surface area contributed by atoms with Crippen molar-refractivity contribution in [1.29, 1.82) is 0 Å². The van der Waals surface area contributed by atoms with Gasteiger partial charge in [-0.3, -0.25) is 4.79 Å². The smallest absolute Gasteiger partial charge is 0.257 e. The molecular weight excluding hydrogens is 338 g/mol. The van der Waals surface area contributed by atoms with Gasteiger partial charge in [0.25, 0.3) is 5.91 Å². The van der Waals surface area contributed by atoms with Crippen LogP contribution < -0.4 is 5.32 Å². The summed E-state index contributed by atoms with van der Waals surface area (Å²) in [5, 5.41) is 4.49. The highest BCUT2D eigenvalue weighted by atomic mass is 16.2. The summed E-state index contributed by atoms with van der Waals surface area (Å²) in [5.74, 6) is 1.15. The Morgan fingerprint density at radius 3 is 2.93 bits per heavy atom. The summed E-state index contributed by atoms with van der Waals surface area (Å²) in [6.07, 6.45) is 8.44. The van der Waals surface area contributed by atoms with Crippen molar-refractivity contribution in [3.8, 4) is 0 Å². The number of anilines is 1. The summed E-state index contributed by atoms with van der Waals surface area (Å²) in [4.78, 5) is 26.4. The Morgan fingerprint density at radius 2 is 2.11 bits per heavy atom. The van der Waals surface area contributed by atoms with E-state index in [1.165, 1.54) is 17.4 Å². The highest BCUT2D eigenvalue weighted by molar-refractivity contribution is 5.93. The van der Waals surface area contributed by atoms with E-state index in [-0.39, 0.29) is 5.91 Å². The highest BCUT2D eigenvalue weighted by Crippen LogP contribution is 2.19. The fourth-order valence-corrected chi connectivity index (χ4v) is 3.73. The van der Waals surface area contributed by atoms with Crippen molar-refractivity contribution >= 4 is 22.8 Å². The highest BCUT2D eigenvalue weighted by Gasteiger charge is 2.22. The first-order valence-electron chi connectivity index (χ1n) is 9.61. The maximum atomic E-state index is 12.6. The molecule has 140 valence electrons. The summed E-state index contributed by atoms with van der Waals surface area (Å²) in [5.41, 5.74) is 2.98. The lowest BCUT2D eigenvalue weighted by atomic mass is 10.00. The second-order valence-corrected chi connectivity index (χ2v) is 7.33. The van der Waals surface area contributed by atoms with Crippen LogP contribution in [0.4, 0.5) is 5.95 Å². The number of amides is 1.